The number of amides is 1. The second kappa shape index (κ2) is 7.82. The second-order valence-electron chi connectivity index (χ2n) is 6.06. The molecule has 1 saturated heterocycles. The highest BCUT2D eigenvalue weighted by molar-refractivity contribution is 5.79. The van der Waals surface area contributed by atoms with E-state index in [1.807, 2.05) is 13.8 Å². The van der Waals surface area contributed by atoms with Crippen LogP contribution in [0.3, 0.4) is 0 Å². The summed E-state index contributed by atoms with van der Waals surface area (Å²) in [5.41, 5.74) is -0.0732. The number of ether oxygens (including phenoxy) is 1. The first-order chi connectivity index (χ1) is 9.00. The first kappa shape index (κ1) is 16.4. The van der Waals surface area contributed by atoms with Gasteiger partial charge in [0.15, 0.2) is 0 Å². The van der Waals surface area contributed by atoms with Gasteiger partial charge < -0.3 is 20.5 Å². The average Bonchev–Trinajstić information content (AvgIpc) is 2.82. The SMILES string of the molecule is CCCNC1COCC1C(=O)NCC(C)(C)CCO. The van der Waals surface area contributed by atoms with Crippen LogP contribution in [0.5, 0.6) is 0 Å². The largest absolute Gasteiger partial charge is 0.396 e. The van der Waals surface area contributed by atoms with Gasteiger partial charge in [-0.15, -0.1) is 0 Å². The van der Waals surface area contributed by atoms with Crippen molar-refractivity contribution in [3.8, 4) is 0 Å². The minimum Gasteiger partial charge on any atom is -0.396 e. The Balaban J connectivity index is 2.39. The maximum atomic E-state index is 12.2. The van der Waals surface area contributed by atoms with Gasteiger partial charge in [-0.25, -0.2) is 0 Å². The molecular formula is C14H28N2O3. The van der Waals surface area contributed by atoms with Crippen LogP contribution >= 0.6 is 0 Å². The summed E-state index contributed by atoms with van der Waals surface area (Å²) in [5, 5.41) is 15.3. The number of aliphatic hydroxyl groups is 1. The maximum absolute atomic E-state index is 12.2. The lowest BCUT2D eigenvalue weighted by atomic mass is 9.89. The molecule has 1 heterocycles. The Morgan fingerprint density at radius 1 is 1.42 bits per heavy atom. The number of aliphatic hydroxyl groups excluding tert-OH is 1. The average molecular weight is 272 g/mol. The van der Waals surface area contributed by atoms with Crippen LogP contribution < -0.4 is 10.6 Å². The molecular weight excluding hydrogens is 244 g/mol. The molecule has 1 amide bonds. The summed E-state index contributed by atoms with van der Waals surface area (Å²) in [6.07, 6.45) is 1.74. The van der Waals surface area contributed by atoms with E-state index < -0.39 is 0 Å². The molecule has 19 heavy (non-hydrogen) atoms. The minimum atomic E-state index is -0.100. The normalized spacial score (nSPS) is 23.6. The zero-order chi connectivity index (χ0) is 14.3. The van der Waals surface area contributed by atoms with E-state index >= 15 is 0 Å². The molecule has 3 N–H and O–H groups in total. The fourth-order valence-corrected chi connectivity index (χ4v) is 2.19. The molecule has 0 aliphatic carbocycles. The zero-order valence-corrected chi connectivity index (χ0v) is 12.4. The Bertz CT molecular complexity index is 282. The summed E-state index contributed by atoms with van der Waals surface area (Å²) in [6, 6.07) is 0.126. The van der Waals surface area contributed by atoms with Crippen molar-refractivity contribution in [1.82, 2.24) is 10.6 Å². The van der Waals surface area contributed by atoms with E-state index in [1.165, 1.54) is 0 Å². The lowest BCUT2D eigenvalue weighted by molar-refractivity contribution is -0.125. The number of hydrogen-bond donors (Lipinski definition) is 3. The van der Waals surface area contributed by atoms with E-state index in [9.17, 15) is 4.79 Å². The molecule has 2 unspecified atom stereocenters. The first-order valence-corrected chi connectivity index (χ1v) is 7.20. The van der Waals surface area contributed by atoms with Crippen LogP contribution in [0.25, 0.3) is 0 Å². The molecule has 0 radical (unpaired) electrons. The summed E-state index contributed by atoms with van der Waals surface area (Å²) >= 11 is 0. The van der Waals surface area contributed by atoms with Crippen molar-refractivity contribution < 1.29 is 14.6 Å². The molecule has 5 heteroatoms. The van der Waals surface area contributed by atoms with Crippen LogP contribution in [0.1, 0.15) is 33.6 Å². The van der Waals surface area contributed by atoms with Crippen LogP contribution in [0.15, 0.2) is 0 Å². The van der Waals surface area contributed by atoms with Gasteiger partial charge in [0.25, 0.3) is 0 Å². The van der Waals surface area contributed by atoms with Gasteiger partial charge in [0.1, 0.15) is 0 Å². The van der Waals surface area contributed by atoms with Crippen molar-refractivity contribution in [2.75, 3.05) is 32.9 Å². The van der Waals surface area contributed by atoms with Gasteiger partial charge in [-0.1, -0.05) is 20.8 Å². The molecule has 1 rings (SSSR count). The molecule has 0 spiro atoms. The molecule has 0 aromatic heterocycles. The van der Waals surface area contributed by atoms with Crippen molar-refractivity contribution in [2.45, 2.75) is 39.7 Å². The van der Waals surface area contributed by atoms with E-state index in [-0.39, 0.29) is 29.9 Å². The van der Waals surface area contributed by atoms with E-state index in [0.717, 1.165) is 13.0 Å². The van der Waals surface area contributed by atoms with Crippen LogP contribution in [-0.2, 0) is 9.53 Å². The van der Waals surface area contributed by atoms with Gasteiger partial charge >= 0.3 is 0 Å². The van der Waals surface area contributed by atoms with Crippen LogP contribution in [0.2, 0.25) is 0 Å². The van der Waals surface area contributed by atoms with E-state index in [2.05, 4.69) is 17.6 Å². The van der Waals surface area contributed by atoms with E-state index in [0.29, 0.717) is 26.2 Å². The van der Waals surface area contributed by atoms with Gasteiger partial charge in [-0.05, 0) is 24.8 Å². The monoisotopic (exact) mass is 272 g/mol. The third kappa shape index (κ3) is 5.47. The lowest BCUT2D eigenvalue weighted by Crippen LogP contribution is -2.46. The summed E-state index contributed by atoms with van der Waals surface area (Å²) in [7, 11) is 0. The van der Waals surface area contributed by atoms with Crippen LogP contribution in [0, 0.1) is 11.3 Å². The Morgan fingerprint density at radius 3 is 2.79 bits per heavy atom. The van der Waals surface area contributed by atoms with Crippen molar-refractivity contribution >= 4 is 5.91 Å². The highest BCUT2D eigenvalue weighted by Gasteiger charge is 2.34. The molecule has 112 valence electrons. The second-order valence-corrected chi connectivity index (χ2v) is 6.06. The smallest absolute Gasteiger partial charge is 0.227 e. The zero-order valence-electron chi connectivity index (χ0n) is 12.4. The van der Waals surface area contributed by atoms with Crippen molar-refractivity contribution in [1.29, 1.82) is 0 Å². The highest BCUT2D eigenvalue weighted by atomic mass is 16.5. The highest BCUT2D eigenvalue weighted by Crippen LogP contribution is 2.19. The molecule has 0 saturated carbocycles. The Morgan fingerprint density at radius 2 is 2.16 bits per heavy atom. The maximum Gasteiger partial charge on any atom is 0.227 e. The summed E-state index contributed by atoms with van der Waals surface area (Å²) < 4.78 is 5.40. The summed E-state index contributed by atoms with van der Waals surface area (Å²) in [4.78, 5) is 12.2. The molecule has 2 atom stereocenters. The Kier molecular flexibility index (Phi) is 6.75. The molecule has 0 bridgehead atoms. The molecule has 0 aromatic carbocycles. The van der Waals surface area contributed by atoms with Crippen molar-refractivity contribution in [2.24, 2.45) is 11.3 Å². The fraction of sp³-hybridized carbons (Fsp3) is 0.929. The van der Waals surface area contributed by atoms with Gasteiger partial charge in [0, 0.05) is 19.2 Å². The number of hydrogen-bond acceptors (Lipinski definition) is 4. The standard InChI is InChI=1S/C14H28N2O3/c1-4-6-15-12-9-19-8-11(12)13(18)16-10-14(2,3)5-7-17/h11-12,15,17H,4-10H2,1-3H3,(H,16,18). The third-order valence-corrected chi connectivity index (χ3v) is 3.60. The minimum absolute atomic E-state index is 0.0529. The topological polar surface area (TPSA) is 70.6 Å². The quantitative estimate of drug-likeness (QED) is 0.603. The molecule has 1 aliphatic heterocycles. The summed E-state index contributed by atoms with van der Waals surface area (Å²) in [6.45, 7) is 8.94. The summed E-state index contributed by atoms with van der Waals surface area (Å²) in [5.74, 6) is -0.0476. The van der Waals surface area contributed by atoms with Crippen molar-refractivity contribution in [3.63, 3.8) is 0 Å². The van der Waals surface area contributed by atoms with E-state index in [4.69, 9.17) is 9.84 Å². The predicted octanol–water partition coefficient (Wildman–Crippen LogP) is 0.526. The number of nitrogens with one attached hydrogen (secondary N) is 2. The van der Waals surface area contributed by atoms with Gasteiger partial charge in [-0.3, -0.25) is 4.79 Å². The Hall–Kier alpha value is -0.650. The molecule has 1 fully saturated rings. The number of carbonyl (C=O) groups excluding carboxylic acids is 1. The van der Waals surface area contributed by atoms with Crippen LogP contribution in [-0.4, -0.2) is 50.0 Å². The van der Waals surface area contributed by atoms with Crippen molar-refractivity contribution in [3.05, 3.63) is 0 Å². The van der Waals surface area contributed by atoms with Gasteiger partial charge in [-0.2, -0.15) is 0 Å². The van der Waals surface area contributed by atoms with Gasteiger partial charge in [0.2, 0.25) is 5.91 Å². The predicted molar refractivity (Wildman–Crippen MR) is 74.9 cm³/mol. The molecule has 1 aliphatic rings. The van der Waals surface area contributed by atoms with Gasteiger partial charge in [0.05, 0.1) is 19.1 Å². The lowest BCUT2D eigenvalue weighted by Gasteiger charge is -2.26. The van der Waals surface area contributed by atoms with Crippen LogP contribution in [0.4, 0.5) is 0 Å². The number of rotatable bonds is 8. The van der Waals surface area contributed by atoms with E-state index in [1.54, 1.807) is 0 Å². The molecule has 5 nitrogen and oxygen atoms in total. The fourth-order valence-electron chi connectivity index (χ4n) is 2.19. The third-order valence-electron chi connectivity index (χ3n) is 3.60. The molecule has 0 aromatic rings. The Labute approximate surface area is 116 Å². The number of carbonyl (C=O) groups is 1. The first-order valence-electron chi connectivity index (χ1n) is 7.20.